The van der Waals surface area contributed by atoms with Crippen molar-refractivity contribution < 1.29 is 0 Å². The van der Waals surface area contributed by atoms with Gasteiger partial charge >= 0.3 is 5.69 Å². The monoisotopic (exact) mass is 433 g/mol. The number of fused-ring (bicyclic) bond motifs is 1. The first-order chi connectivity index (χ1) is 12.5. The molecular formula is C20H21BrClN3O. The number of H-pyrrole nitrogens is 1. The predicted molar refractivity (Wildman–Crippen MR) is 110 cm³/mol. The molecule has 3 aromatic rings. The van der Waals surface area contributed by atoms with E-state index in [2.05, 4.69) is 57.0 Å². The Hall–Kier alpha value is -1.56. The summed E-state index contributed by atoms with van der Waals surface area (Å²) in [7, 11) is 0. The van der Waals surface area contributed by atoms with Crippen molar-refractivity contribution in [2.24, 2.45) is 0 Å². The lowest BCUT2D eigenvalue weighted by Crippen LogP contribution is -2.38. The molecule has 0 saturated carbocycles. The smallest absolute Gasteiger partial charge is 0.305 e. The number of aromatic nitrogens is 2. The number of rotatable bonds is 3. The van der Waals surface area contributed by atoms with Crippen molar-refractivity contribution in [1.82, 2.24) is 14.5 Å². The second kappa shape index (κ2) is 7.22. The highest BCUT2D eigenvalue weighted by molar-refractivity contribution is 9.10. The molecule has 6 heteroatoms. The predicted octanol–water partition coefficient (Wildman–Crippen LogP) is 5.14. The fraction of sp³-hybridized carbons (Fsp3) is 0.350. The van der Waals surface area contributed by atoms with E-state index in [1.54, 1.807) is 0 Å². The molecule has 136 valence electrons. The molecule has 4 nitrogen and oxygen atoms in total. The number of hydrogen-bond acceptors (Lipinski definition) is 2. The number of halogens is 2. The minimum absolute atomic E-state index is 0.0401. The summed E-state index contributed by atoms with van der Waals surface area (Å²) in [4.78, 5) is 17.9. The molecule has 0 amide bonds. The maximum absolute atomic E-state index is 12.5. The molecule has 0 spiro atoms. The molecule has 1 aromatic heterocycles. The van der Waals surface area contributed by atoms with Gasteiger partial charge in [-0.15, -0.1) is 0 Å². The molecule has 2 aromatic carbocycles. The van der Waals surface area contributed by atoms with Crippen LogP contribution in [0.2, 0.25) is 5.02 Å². The number of piperidine rings is 1. The van der Waals surface area contributed by atoms with E-state index < -0.39 is 0 Å². The van der Waals surface area contributed by atoms with Crippen LogP contribution in [0, 0.1) is 0 Å². The van der Waals surface area contributed by atoms with Crippen LogP contribution < -0.4 is 5.69 Å². The summed E-state index contributed by atoms with van der Waals surface area (Å²) in [5.74, 6) is 0. The maximum Gasteiger partial charge on any atom is 0.326 e. The van der Waals surface area contributed by atoms with Crippen LogP contribution in [0.5, 0.6) is 0 Å². The standard InChI is InChI=1S/C20H21BrClN3O/c1-13(14-2-4-15(21)5-3-14)24-10-8-17(9-11-24)25-19-7-6-16(22)12-18(19)23-20(25)26/h2-7,12-13,17H,8-11H2,1H3,(H,23,26). The van der Waals surface area contributed by atoms with Crippen molar-refractivity contribution in [2.75, 3.05) is 13.1 Å². The fourth-order valence-corrected chi connectivity index (χ4v) is 4.39. The number of hydrogen-bond donors (Lipinski definition) is 1. The van der Waals surface area contributed by atoms with Crippen LogP contribution in [0.25, 0.3) is 11.0 Å². The van der Waals surface area contributed by atoms with Crippen molar-refractivity contribution in [3.63, 3.8) is 0 Å². The number of benzene rings is 2. The minimum atomic E-state index is -0.0401. The highest BCUT2D eigenvalue weighted by atomic mass is 79.9. The second-order valence-corrected chi connectivity index (χ2v) is 8.31. The molecule has 1 fully saturated rings. The van der Waals surface area contributed by atoms with Crippen LogP contribution in [-0.4, -0.2) is 27.5 Å². The van der Waals surface area contributed by atoms with Crippen LogP contribution in [0.15, 0.2) is 51.7 Å². The van der Waals surface area contributed by atoms with Crippen molar-refractivity contribution in [1.29, 1.82) is 0 Å². The van der Waals surface area contributed by atoms with E-state index in [1.165, 1.54) is 5.56 Å². The minimum Gasteiger partial charge on any atom is -0.305 e. The van der Waals surface area contributed by atoms with E-state index >= 15 is 0 Å². The third-order valence-corrected chi connectivity index (χ3v) is 6.21. The second-order valence-electron chi connectivity index (χ2n) is 6.96. The molecule has 0 bridgehead atoms. The molecule has 26 heavy (non-hydrogen) atoms. The van der Waals surface area contributed by atoms with Crippen LogP contribution in [0.1, 0.15) is 37.4 Å². The Balaban J connectivity index is 1.51. The molecule has 2 heterocycles. The van der Waals surface area contributed by atoms with E-state index in [0.29, 0.717) is 11.1 Å². The van der Waals surface area contributed by atoms with Crippen LogP contribution in [-0.2, 0) is 0 Å². The summed E-state index contributed by atoms with van der Waals surface area (Å²) >= 11 is 9.54. The quantitative estimate of drug-likeness (QED) is 0.620. The number of aromatic amines is 1. The maximum atomic E-state index is 12.5. The third-order valence-electron chi connectivity index (χ3n) is 5.44. The third kappa shape index (κ3) is 3.36. The average Bonchev–Trinajstić information content (AvgIpc) is 2.96. The van der Waals surface area contributed by atoms with E-state index in [-0.39, 0.29) is 11.7 Å². The van der Waals surface area contributed by atoms with Gasteiger partial charge in [0.1, 0.15) is 0 Å². The topological polar surface area (TPSA) is 41.0 Å². The normalized spacial score (nSPS) is 17.7. The molecule has 0 aliphatic carbocycles. The van der Waals surface area contributed by atoms with Gasteiger partial charge in [-0.2, -0.15) is 0 Å². The largest absolute Gasteiger partial charge is 0.326 e. The lowest BCUT2D eigenvalue weighted by molar-refractivity contribution is 0.144. The Kier molecular flexibility index (Phi) is 4.95. The van der Waals surface area contributed by atoms with E-state index in [4.69, 9.17) is 11.6 Å². The Morgan fingerprint density at radius 2 is 1.85 bits per heavy atom. The summed E-state index contributed by atoms with van der Waals surface area (Å²) in [5.41, 5.74) is 3.04. The average molecular weight is 435 g/mol. The first-order valence-electron chi connectivity index (χ1n) is 8.92. The van der Waals surface area contributed by atoms with Gasteiger partial charge in [0, 0.05) is 34.7 Å². The highest BCUT2D eigenvalue weighted by Gasteiger charge is 2.26. The molecule has 1 aliphatic heterocycles. The Morgan fingerprint density at radius 1 is 1.15 bits per heavy atom. The summed E-state index contributed by atoms with van der Waals surface area (Å²) < 4.78 is 3.01. The number of nitrogens with zero attached hydrogens (tertiary/aromatic N) is 2. The lowest BCUT2D eigenvalue weighted by atomic mass is 10.00. The van der Waals surface area contributed by atoms with Gasteiger partial charge in [0.15, 0.2) is 0 Å². The van der Waals surface area contributed by atoms with Gasteiger partial charge in [-0.05, 0) is 55.7 Å². The van der Waals surface area contributed by atoms with Crippen LogP contribution >= 0.6 is 27.5 Å². The first kappa shape index (κ1) is 17.8. The lowest BCUT2D eigenvalue weighted by Gasteiger charge is -2.36. The SMILES string of the molecule is CC(c1ccc(Br)cc1)N1CCC(n2c(=O)[nH]c3cc(Cl)ccc32)CC1. The van der Waals surface area contributed by atoms with E-state index in [9.17, 15) is 4.79 Å². The Bertz CT molecular complexity index is 971. The van der Waals surface area contributed by atoms with Gasteiger partial charge in [-0.1, -0.05) is 39.7 Å². The summed E-state index contributed by atoms with van der Waals surface area (Å²) in [5, 5.41) is 0.643. The van der Waals surface area contributed by atoms with E-state index in [1.807, 2.05) is 22.8 Å². The number of likely N-dealkylation sites (tertiary alicyclic amines) is 1. The van der Waals surface area contributed by atoms with Crippen molar-refractivity contribution in [2.45, 2.75) is 31.8 Å². The zero-order valence-electron chi connectivity index (χ0n) is 14.6. The van der Waals surface area contributed by atoms with Gasteiger partial charge in [0.25, 0.3) is 0 Å². The van der Waals surface area contributed by atoms with Gasteiger partial charge in [-0.25, -0.2) is 4.79 Å². The summed E-state index contributed by atoms with van der Waals surface area (Å²) in [6.07, 6.45) is 1.94. The summed E-state index contributed by atoms with van der Waals surface area (Å²) in [6, 6.07) is 14.7. The Morgan fingerprint density at radius 3 is 2.54 bits per heavy atom. The first-order valence-corrected chi connectivity index (χ1v) is 10.1. The zero-order chi connectivity index (χ0) is 18.3. The van der Waals surface area contributed by atoms with Crippen molar-refractivity contribution >= 4 is 38.6 Å². The molecule has 4 rings (SSSR count). The fourth-order valence-electron chi connectivity index (χ4n) is 3.95. The van der Waals surface area contributed by atoms with Crippen LogP contribution in [0.3, 0.4) is 0 Å². The molecule has 1 aliphatic rings. The number of nitrogens with one attached hydrogen (secondary N) is 1. The number of imidazole rings is 1. The molecular weight excluding hydrogens is 414 g/mol. The molecule has 0 radical (unpaired) electrons. The highest BCUT2D eigenvalue weighted by Crippen LogP contribution is 2.30. The van der Waals surface area contributed by atoms with Gasteiger partial charge in [-0.3, -0.25) is 9.47 Å². The van der Waals surface area contributed by atoms with Gasteiger partial charge in [0.05, 0.1) is 11.0 Å². The summed E-state index contributed by atoms with van der Waals surface area (Å²) in [6.45, 7) is 4.21. The molecule has 1 N–H and O–H groups in total. The van der Waals surface area contributed by atoms with Crippen LogP contribution in [0.4, 0.5) is 0 Å². The van der Waals surface area contributed by atoms with E-state index in [0.717, 1.165) is 41.4 Å². The Labute approximate surface area is 165 Å². The van der Waals surface area contributed by atoms with Gasteiger partial charge < -0.3 is 4.98 Å². The van der Waals surface area contributed by atoms with Crippen molar-refractivity contribution in [3.8, 4) is 0 Å². The molecule has 1 saturated heterocycles. The molecule has 1 atom stereocenters. The van der Waals surface area contributed by atoms with Gasteiger partial charge in [0.2, 0.25) is 0 Å². The van der Waals surface area contributed by atoms with Crippen molar-refractivity contribution in [3.05, 3.63) is 68.0 Å². The zero-order valence-corrected chi connectivity index (χ0v) is 16.9. The molecule has 1 unspecified atom stereocenters.